The van der Waals surface area contributed by atoms with Crippen molar-refractivity contribution < 1.29 is 12.8 Å². The minimum atomic E-state index is -3.54. The van der Waals surface area contributed by atoms with Crippen LogP contribution < -0.4 is 0 Å². The van der Waals surface area contributed by atoms with Crippen LogP contribution in [0.25, 0.3) is 11.5 Å². The van der Waals surface area contributed by atoms with E-state index in [1.54, 1.807) is 24.3 Å². The van der Waals surface area contributed by atoms with Gasteiger partial charge in [-0.2, -0.15) is 4.31 Å². The number of benzene rings is 2. The summed E-state index contributed by atoms with van der Waals surface area (Å²) in [6.45, 7) is 8.83. The number of aromatic nitrogens is 2. The van der Waals surface area contributed by atoms with Crippen molar-refractivity contribution in [2.24, 2.45) is 0 Å². The molecule has 2 aromatic carbocycles. The summed E-state index contributed by atoms with van der Waals surface area (Å²) in [5.74, 6) is 1.53. The Balaban J connectivity index is 1.73. The molecular formula is C22H27N3O3S2. The molecule has 0 unspecified atom stereocenters. The molecule has 0 amide bonds. The molecule has 0 bridgehead atoms. The lowest BCUT2D eigenvalue weighted by Crippen LogP contribution is -2.30. The number of hydrogen-bond donors (Lipinski definition) is 0. The van der Waals surface area contributed by atoms with Gasteiger partial charge >= 0.3 is 0 Å². The van der Waals surface area contributed by atoms with Gasteiger partial charge in [-0.3, -0.25) is 0 Å². The molecule has 0 N–H and O–H groups in total. The molecule has 0 spiro atoms. The topological polar surface area (TPSA) is 76.3 Å². The molecule has 160 valence electrons. The molecule has 0 saturated heterocycles. The Labute approximate surface area is 182 Å². The second-order valence-corrected chi connectivity index (χ2v) is 10.0. The first kappa shape index (κ1) is 22.5. The lowest BCUT2D eigenvalue weighted by Gasteiger charge is -2.18. The fourth-order valence-electron chi connectivity index (χ4n) is 3.03. The van der Waals surface area contributed by atoms with E-state index in [4.69, 9.17) is 4.42 Å². The van der Waals surface area contributed by atoms with Crippen molar-refractivity contribution in [3.63, 3.8) is 0 Å². The maximum atomic E-state index is 12.8. The van der Waals surface area contributed by atoms with Gasteiger partial charge in [0.2, 0.25) is 15.9 Å². The van der Waals surface area contributed by atoms with Gasteiger partial charge in [0, 0.05) is 24.4 Å². The van der Waals surface area contributed by atoms with Crippen LogP contribution in [0.4, 0.5) is 0 Å². The summed E-state index contributed by atoms with van der Waals surface area (Å²) in [6, 6.07) is 15.1. The van der Waals surface area contributed by atoms with Gasteiger partial charge in [0.25, 0.3) is 5.22 Å². The molecule has 0 saturated carbocycles. The Hall–Kier alpha value is -2.16. The van der Waals surface area contributed by atoms with Crippen LogP contribution in [0.2, 0.25) is 0 Å². The zero-order valence-corrected chi connectivity index (χ0v) is 19.3. The van der Waals surface area contributed by atoms with E-state index >= 15 is 0 Å². The Morgan fingerprint density at radius 1 is 1.03 bits per heavy atom. The quantitative estimate of drug-likeness (QED) is 0.422. The summed E-state index contributed by atoms with van der Waals surface area (Å²) in [4.78, 5) is 0.223. The maximum absolute atomic E-state index is 12.8. The van der Waals surface area contributed by atoms with Crippen LogP contribution in [0.1, 0.15) is 44.7 Å². The highest BCUT2D eigenvalue weighted by Crippen LogP contribution is 2.28. The number of thioether (sulfide) groups is 1. The van der Waals surface area contributed by atoms with E-state index in [-0.39, 0.29) is 4.90 Å². The molecule has 3 rings (SSSR count). The van der Waals surface area contributed by atoms with E-state index in [0.29, 0.717) is 35.7 Å². The molecule has 0 radical (unpaired) electrons. The molecule has 0 atom stereocenters. The van der Waals surface area contributed by atoms with E-state index < -0.39 is 10.0 Å². The normalized spacial score (nSPS) is 12.1. The van der Waals surface area contributed by atoms with Gasteiger partial charge in [-0.15, -0.1) is 10.2 Å². The molecule has 1 aromatic heterocycles. The van der Waals surface area contributed by atoms with Gasteiger partial charge in [-0.1, -0.05) is 69.8 Å². The zero-order chi connectivity index (χ0) is 21.7. The molecule has 8 heteroatoms. The van der Waals surface area contributed by atoms with Crippen molar-refractivity contribution >= 4 is 21.8 Å². The highest BCUT2D eigenvalue weighted by Gasteiger charge is 2.22. The maximum Gasteiger partial charge on any atom is 0.277 e. The summed E-state index contributed by atoms with van der Waals surface area (Å²) >= 11 is 1.46. The van der Waals surface area contributed by atoms with Gasteiger partial charge in [-0.05, 0) is 35.2 Å². The molecule has 0 fully saturated rings. The van der Waals surface area contributed by atoms with E-state index in [9.17, 15) is 8.42 Å². The third-order valence-electron chi connectivity index (χ3n) is 4.84. The Morgan fingerprint density at radius 2 is 1.73 bits per heavy atom. The second-order valence-electron chi connectivity index (χ2n) is 7.18. The van der Waals surface area contributed by atoms with Crippen LogP contribution in [0.3, 0.4) is 0 Å². The molecule has 6 nitrogen and oxygen atoms in total. The van der Waals surface area contributed by atoms with Crippen LogP contribution in [0, 0.1) is 0 Å². The van der Waals surface area contributed by atoms with Crippen LogP contribution >= 0.6 is 11.8 Å². The number of sulfonamides is 1. The van der Waals surface area contributed by atoms with E-state index in [1.165, 1.54) is 27.2 Å². The summed E-state index contributed by atoms with van der Waals surface area (Å²) in [5, 5.41) is 8.65. The largest absolute Gasteiger partial charge is 0.411 e. The van der Waals surface area contributed by atoms with Crippen molar-refractivity contribution in [1.29, 1.82) is 0 Å². The summed E-state index contributed by atoms with van der Waals surface area (Å²) in [6.07, 6.45) is 0. The monoisotopic (exact) mass is 445 g/mol. The van der Waals surface area contributed by atoms with Crippen molar-refractivity contribution in [3.05, 3.63) is 59.7 Å². The van der Waals surface area contributed by atoms with E-state index in [1.807, 2.05) is 13.8 Å². The molecule has 30 heavy (non-hydrogen) atoms. The molecule has 0 aliphatic rings. The fraction of sp³-hybridized carbons (Fsp3) is 0.364. The Morgan fingerprint density at radius 3 is 2.37 bits per heavy atom. The number of rotatable bonds is 9. The fourth-order valence-corrected chi connectivity index (χ4v) is 5.25. The average Bonchev–Trinajstić information content (AvgIpc) is 3.22. The number of nitrogens with zero attached hydrogens (tertiary/aromatic N) is 3. The first-order valence-corrected chi connectivity index (χ1v) is 12.4. The first-order valence-electron chi connectivity index (χ1n) is 10.0. The third-order valence-corrected chi connectivity index (χ3v) is 7.77. The van der Waals surface area contributed by atoms with Gasteiger partial charge in [-0.25, -0.2) is 8.42 Å². The first-order chi connectivity index (χ1) is 14.3. The van der Waals surface area contributed by atoms with Gasteiger partial charge in [0.15, 0.2) is 0 Å². The SMILES string of the molecule is CCN(CC)S(=O)(=O)c1cccc(-c2nnc(SCc3ccc(C(C)C)cc3)o2)c1. The van der Waals surface area contributed by atoms with Crippen LogP contribution in [-0.2, 0) is 15.8 Å². The zero-order valence-electron chi connectivity index (χ0n) is 17.7. The molecule has 0 aliphatic heterocycles. The van der Waals surface area contributed by atoms with Crippen molar-refractivity contribution in [3.8, 4) is 11.5 Å². The smallest absolute Gasteiger partial charge is 0.277 e. The van der Waals surface area contributed by atoms with Crippen molar-refractivity contribution in [2.75, 3.05) is 13.1 Å². The predicted molar refractivity (Wildman–Crippen MR) is 120 cm³/mol. The summed E-state index contributed by atoms with van der Waals surface area (Å²) in [7, 11) is -3.54. The minimum absolute atomic E-state index is 0.223. The Bertz CT molecular complexity index is 1070. The lowest BCUT2D eigenvalue weighted by molar-refractivity contribution is 0.445. The molecule has 1 heterocycles. The Kier molecular flexibility index (Phi) is 7.33. The van der Waals surface area contributed by atoms with Gasteiger partial charge in [0.05, 0.1) is 4.90 Å². The van der Waals surface area contributed by atoms with Crippen LogP contribution in [0.15, 0.2) is 63.1 Å². The molecule has 0 aliphatic carbocycles. The van der Waals surface area contributed by atoms with Gasteiger partial charge < -0.3 is 4.42 Å². The van der Waals surface area contributed by atoms with E-state index in [0.717, 1.165) is 5.75 Å². The highest BCUT2D eigenvalue weighted by molar-refractivity contribution is 7.98. The predicted octanol–water partition coefficient (Wildman–Crippen LogP) is 5.18. The molecular weight excluding hydrogens is 418 g/mol. The lowest BCUT2D eigenvalue weighted by atomic mass is 10.0. The van der Waals surface area contributed by atoms with E-state index in [2.05, 4.69) is 48.3 Å². The summed E-state index contributed by atoms with van der Waals surface area (Å²) < 4.78 is 32.7. The van der Waals surface area contributed by atoms with Gasteiger partial charge in [0.1, 0.15) is 0 Å². The van der Waals surface area contributed by atoms with Crippen molar-refractivity contribution in [1.82, 2.24) is 14.5 Å². The second kappa shape index (κ2) is 9.76. The summed E-state index contributed by atoms with van der Waals surface area (Å²) in [5.41, 5.74) is 3.07. The third kappa shape index (κ3) is 5.11. The molecule has 3 aromatic rings. The standard InChI is InChI=1S/C22H27N3O3S2/c1-5-25(6-2)30(26,27)20-9-7-8-19(14-20)21-23-24-22(28-21)29-15-17-10-12-18(13-11-17)16(3)4/h7-14,16H,5-6,15H2,1-4H3. The highest BCUT2D eigenvalue weighted by atomic mass is 32.2. The van der Waals surface area contributed by atoms with Crippen LogP contribution in [0.5, 0.6) is 0 Å². The number of hydrogen-bond acceptors (Lipinski definition) is 6. The van der Waals surface area contributed by atoms with Crippen LogP contribution in [-0.4, -0.2) is 36.0 Å². The van der Waals surface area contributed by atoms with Crippen molar-refractivity contribution in [2.45, 2.75) is 49.5 Å². The average molecular weight is 446 g/mol. The minimum Gasteiger partial charge on any atom is -0.411 e.